The normalized spacial score (nSPS) is 11.3. The lowest BCUT2D eigenvalue weighted by Crippen LogP contribution is -2.05. The number of ether oxygens (including phenoxy) is 1. The number of nitrogens with two attached hydrogens (primary N) is 1. The molecular weight excluding hydrogens is 249 g/mol. The van der Waals surface area contributed by atoms with Gasteiger partial charge in [0.1, 0.15) is 0 Å². The van der Waals surface area contributed by atoms with Crippen LogP contribution in [0.5, 0.6) is 0 Å². The van der Waals surface area contributed by atoms with Crippen molar-refractivity contribution in [2.75, 3.05) is 6.61 Å². The Morgan fingerprint density at radius 2 is 2.12 bits per heavy atom. The zero-order chi connectivity index (χ0) is 12.1. The zero-order valence-corrected chi connectivity index (χ0v) is 10.2. The number of benzene rings is 1. The van der Waals surface area contributed by atoms with Gasteiger partial charge in [-0.3, -0.25) is 0 Å². The molecule has 1 aromatic carbocycles. The smallest absolute Gasteiger partial charge is 0.332 e. The molecule has 86 valence electrons. The third-order valence-corrected chi connectivity index (χ3v) is 2.55. The van der Waals surface area contributed by atoms with E-state index in [1.54, 1.807) is 25.1 Å². The third-order valence-electron chi connectivity index (χ3n) is 1.81. The van der Waals surface area contributed by atoms with Gasteiger partial charge in [0.25, 0.3) is 0 Å². The van der Waals surface area contributed by atoms with E-state index in [1.807, 2.05) is 0 Å². The summed E-state index contributed by atoms with van der Waals surface area (Å²) in [6.07, 6.45) is 1.21. The van der Waals surface area contributed by atoms with Crippen LogP contribution in [0.15, 0.2) is 24.3 Å². The summed E-state index contributed by atoms with van der Waals surface area (Å²) in [6.45, 7) is 2.03. The van der Waals surface area contributed by atoms with Crippen molar-refractivity contribution in [3.8, 4) is 0 Å². The van der Waals surface area contributed by atoms with Crippen LogP contribution in [0.1, 0.15) is 12.5 Å². The van der Waals surface area contributed by atoms with Crippen LogP contribution in [-0.4, -0.2) is 12.6 Å². The molecule has 0 aliphatic rings. The molecule has 0 aromatic heterocycles. The fourth-order valence-corrected chi connectivity index (χ4v) is 1.37. The van der Waals surface area contributed by atoms with Gasteiger partial charge in [0, 0.05) is 11.8 Å². The Morgan fingerprint density at radius 3 is 2.69 bits per heavy atom. The van der Waals surface area contributed by atoms with E-state index >= 15 is 0 Å². The number of carbonyl (C=O) groups excluding carboxylic acids is 1. The van der Waals surface area contributed by atoms with Crippen LogP contribution < -0.4 is 5.73 Å². The van der Waals surface area contributed by atoms with Crippen LogP contribution in [0.25, 0.3) is 5.70 Å². The summed E-state index contributed by atoms with van der Waals surface area (Å²) < 4.78 is 4.73. The molecule has 3 nitrogen and oxygen atoms in total. The summed E-state index contributed by atoms with van der Waals surface area (Å²) in [7, 11) is 0. The van der Waals surface area contributed by atoms with Crippen LogP contribution in [-0.2, 0) is 9.53 Å². The highest BCUT2D eigenvalue weighted by Gasteiger charge is 2.04. The van der Waals surface area contributed by atoms with Crippen LogP contribution in [0, 0.1) is 0 Å². The first-order valence-electron chi connectivity index (χ1n) is 4.64. The minimum atomic E-state index is -0.480. The number of rotatable bonds is 3. The molecule has 0 spiro atoms. The van der Waals surface area contributed by atoms with Crippen molar-refractivity contribution in [3.63, 3.8) is 0 Å². The minimum absolute atomic E-state index is 0.289. The van der Waals surface area contributed by atoms with E-state index in [9.17, 15) is 4.79 Å². The number of carbonyl (C=O) groups is 1. The molecule has 0 saturated heterocycles. The Labute approximate surface area is 104 Å². The van der Waals surface area contributed by atoms with Gasteiger partial charge in [0.15, 0.2) is 0 Å². The van der Waals surface area contributed by atoms with Crippen molar-refractivity contribution in [2.45, 2.75) is 6.92 Å². The van der Waals surface area contributed by atoms with Crippen LogP contribution >= 0.6 is 23.2 Å². The monoisotopic (exact) mass is 259 g/mol. The lowest BCUT2D eigenvalue weighted by Gasteiger charge is -2.03. The van der Waals surface area contributed by atoms with Gasteiger partial charge in [-0.15, -0.1) is 0 Å². The molecular formula is C11H11Cl2NO2. The Morgan fingerprint density at radius 1 is 1.44 bits per heavy atom. The molecule has 16 heavy (non-hydrogen) atoms. The van der Waals surface area contributed by atoms with Crippen LogP contribution in [0.3, 0.4) is 0 Å². The van der Waals surface area contributed by atoms with E-state index in [0.717, 1.165) is 0 Å². The Bertz CT molecular complexity index is 430. The van der Waals surface area contributed by atoms with Gasteiger partial charge in [0.05, 0.1) is 16.7 Å². The summed E-state index contributed by atoms with van der Waals surface area (Å²) in [5, 5.41) is 0.828. The van der Waals surface area contributed by atoms with E-state index in [1.165, 1.54) is 6.08 Å². The number of hydrogen-bond acceptors (Lipinski definition) is 3. The molecule has 0 bridgehead atoms. The fourth-order valence-electron chi connectivity index (χ4n) is 1.07. The molecule has 0 radical (unpaired) electrons. The molecule has 0 amide bonds. The van der Waals surface area contributed by atoms with E-state index in [2.05, 4.69) is 0 Å². The highest BCUT2D eigenvalue weighted by Crippen LogP contribution is 2.24. The second-order valence-corrected chi connectivity index (χ2v) is 3.80. The molecule has 1 rings (SSSR count). The second-order valence-electron chi connectivity index (χ2n) is 2.98. The average Bonchev–Trinajstić information content (AvgIpc) is 2.22. The average molecular weight is 260 g/mol. The van der Waals surface area contributed by atoms with Gasteiger partial charge in [-0.1, -0.05) is 29.3 Å². The molecule has 0 heterocycles. The first-order valence-corrected chi connectivity index (χ1v) is 5.39. The Kier molecular flexibility index (Phi) is 4.65. The van der Waals surface area contributed by atoms with Crippen molar-refractivity contribution < 1.29 is 9.53 Å². The van der Waals surface area contributed by atoms with Gasteiger partial charge in [-0.2, -0.15) is 0 Å². The van der Waals surface area contributed by atoms with Crippen molar-refractivity contribution in [1.29, 1.82) is 0 Å². The van der Waals surface area contributed by atoms with Gasteiger partial charge < -0.3 is 10.5 Å². The maximum atomic E-state index is 11.1. The predicted octanol–water partition coefficient (Wildman–Crippen LogP) is 2.86. The maximum Gasteiger partial charge on any atom is 0.332 e. The van der Waals surface area contributed by atoms with Gasteiger partial charge >= 0.3 is 5.97 Å². The van der Waals surface area contributed by atoms with Gasteiger partial charge in [0.2, 0.25) is 0 Å². The van der Waals surface area contributed by atoms with Crippen molar-refractivity contribution >= 4 is 34.9 Å². The molecule has 0 fully saturated rings. The standard InChI is InChI=1S/C11H11Cl2NO2/c1-2-16-11(15)6-10(14)7-3-4-8(12)9(13)5-7/h3-6H,2,14H2,1H3/b10-6-. The number of hydrogen-bond donors (Lipinski definition) is 1. The van der Waals surface area contributed by atoms with E-state index in [0.29, 0.717) is 22.2 Å². The Balaban J connectivity index is 2.91. The summed E-state index contributed by atoms with van der Waals surface area (Å²) >= 11 is 11.6. The molecule has 1 aromatic rings. The minimum Gasteiger partial charge on any atom is -0.463 e. The molecule has 0 saturated carbocycles. The highest BCUT2D eigenvalue weighted by molar-refractivity contribution is 6.42. The lowest BCUT2D eigenvalue weighted by atomic mass is 10.1. The van der Waals surface area contributed by atoms with E-state index < -0.39 is 5.97 Å². The molecule has 0 aliphatic heterocycles. The lowest BCUT2D eigenvalue weighted by molar-refractivity contribution is -0.137. The quantitative estimate of drug-likeness (QED) is 0.671. The van der Waals surface area contributed by atoms with Crippen LogP contribution in [0.2, 0.25) is 10.0 Å². The number of halogens is 2. The zero-order valence-electron chi connectivity index (χ0n) is 8.67. The summed E-state index contributed by atoms with van der Waals surface area (Å²) in [5.74, 6) is -0.480. The SMILES string of the molecule is CCOC(=O)/C=C(\N)c1ccc(Cl)c(Cl)c1. The highest BCUT2D eigenvalue weighted by atomic mass is 35.5. The molecule has 2 N–H and O–H groups in total. The van der Waals surface area contributed by atoms with Crippen LogP contribution in [0.4, 0.5) is 0 Å². The maximum absolute atomic E-state index is 11.1. The van der Waals surface area contributed by atoms with Crippen molar-refractivity contribution in [2.24, 2.45) is 5.73 Å². The second kappa shape index (κ2) is 5.77. The van der Waals surface area contributed by atoms with Gasteiger partial charge in [-0.25, -0.2) is 4.79 Å². The Hall–Kier alpha value is -1.19. The molecule has 5 heteroatoms. The topological polar surface area (TPSA) is 52.3 Å². The predicted molar refractivity (Wildman–Crippen MR) is 65.3 cm³/mol. The van der Waals surface area contributed by atoms with E-state index in [-0.39, 0.29) is 5.70 Å². The summed E-state index contributed by atoms with van der Waals surface area (Å²) in [6, 6.07) is 4.89. The largest absolute Gasteiger partial charge is 0.463 e. The summed E-state index contributed by atoms with van der Waals surface area (Å²) in [5.41, 5.74) is 6.62. The number of esters is 1. The fraction of sp³-hybridized carbons (Fsp3) is 0.182. The molecule has 0 unspecified atom stereocenters. The molecule has 0 aliphatic carbocycles. The van der Waals surface area contributed by atoms with E-state index in [4.69, 9.17) is 33.7 Å². The first kappa shape index (κ1) is 12.9. The first-order chi connectivity index (χ1) is 7.54. The van der Waals surface area contributed by atoms with Crippen molar-refractivity contribution in [3.05, 3.63) is 39.9 Å². The molecule has 0 atom stereocenters. The third kappa shape index (κ3) is 3.43. The van der Waals surface area contributed by atoms with Crippen molar-refractivity contribution in [1.82, 2.24) is 0 Å². The van der Waals surface area contributed by atoms with Gasteiger partial charge in [-0.05, 0) is 24.6 Å². The summed E-state index contributed by atoms with van der Waals surface area (Å²) in [4.78, 5) is 11.1.